The van der Waals surface area contributed by atoms with Gasteiger partial charge >= 0.3 is 18.2 Å². The Morgan fingerprint density at radius 3 is 1.62 bits per heavy atom. The molecule has 0 bridgehead atoms. The normalized spacial score (nSPS) is 11.4. The number of amides is 2. The zero-order valence-electron chi connectivity index (χ0n) is 30.8. The van der Waals surface area contributed by atoms with Crippen LogP contribution >= 0.6 is 0 Å². The van der Waals surface area contributed by atoms with E-state index < -0.39 is 36.0 Å². The van der Waals surface area contributed by atoms with Crippen LogP contribution in [0.15, 0.2) is 109 Å². The molecule has 0 saturated heterocycles. The smallest absolute Gasteiger partial charge is 0.444 e. The van der Waals surface area contributed by atoms with Crippen molar-refractivity contribution in [3.8, 4) is 11.5 Å². The van der Waals surface area contributed by atoms with E-state index in [1.165, 1.54) is 6.20 Å². The van der Waals surface area contributed by atoms with E-state index in [-0.39, 0.29) is 42.4 Å². The van der Waals surface area contributed by atoms with Crippen LogP contribution in [0.2, 0.25) is 0 Å². The van der Waals surface area contributed by atoms with Crippen LogP contribution < -0.4 is 9.47 Å². The summed E-state index contributed by atoms with van der Waals surface area (Å²) >= 11 is 0. The molecule has 276 valence electrons. The van der Waals surface area contributed by atoms with Crippen molar-refractivity contribution in [3.63, 3.8) is 0 Å². The number of fused-ring (bicyclic) bond motifs is 1. The highest BCUT2D eigenvalue weighted by molar-refractivity contribution is 6.05. The first-order valence-electron chi connectivity index (χ1n) is 17.2. The number of nitrogens with zero attached hydrogens (tertiary/aromatic N) is 2. The van der Waals surface area contributed by atoms with Crippen molar-refractivity contribution in [2.45, 2.75) is 79.2 Å². The summed E-state index contributed by atoms with van der Waals surface area (Å²) in [4.78, 5) is 51.0. The Balaban J connectivity index is 1.62. The summed E-state index contributed by atoms with van der Waals surface area (Å²) in [6.45, 7) is 9.87. The summed E-state index contributed by atoms with van der Waals surface area (Å²) in [7, 11) is 0. The Hall–Kier alpha value is -5.94. The molecular weight excluding hydrogens is 676 g/mol. The van der Waals surface area contributed by atoms with E-state index in [1.54, 1.807) is 53.7 Å². The van der Waals surface area contributed by atoms with Gasteiger partial charge in [0.05, 0.1) is 16.6 Å². The van der Waals surface area contributed by atoms with Crippen LogP contribution in [-0.4, -0.2) is 39.4 Å². The molecular formula is C42H44N2O9. The number of imide groups is 1. The fourth-order valence-corrected chi connectivity index (χ4v) is 5.07. The number of carbonyl (C=O) groups is 3. The largest absolute Gasteiger partial charge is 0.485 e. The van der Waals surface area contributed by atoms with Crippen molar-refractivity contribution >= 4 is 29.1 Å². The van der Waals surface area contributed by atoms with Crippen molar-refractivity contribution in [1.82, 2.24) is 10.0 Å². The van der Waals surface area contributed by atoms with E-state index in [0.717, 1.165) is 16.7 Å². The van der Waals surface area contributed by atoms with Crippen molar-refractivity contribution < 1.29 is 42.9 Å². The van der Waals surface area contributed by atoms with Gasteiger partial charge in [0.25, 0.3) is 0 Å². The molecule has 0 fully saturated rings. The molecule has 5 rings (SSSR count). The number of carbonyl (C=O) groups excluding carboxylic acids is 3. The van der Waals surface area contributed by atoms with Crippen LogP contribution in [0.5, 0.6) is 11.5 Å². The van der Waals surface area contributed by atoms with E-state index in [1.807, 2.05) is 91.0 Å². The standard InChI is InChI=1S/C42H44N2O9/c1-41(2,3)52-39(46)44(40(47)53-42(4,5)6)51-28-34-36-33(32(22-23-43-36)38(45)50-27-31-20-14-9-15-21-31)24-35(48-25-29-16-10-7-11-17-29)37(34)49-26-30-18-12-8-13-19-30/h7-24H,25-28H2,1-6H3. The van der Waals surface area contributed by atoms with Crippen LogP contribution in [0, 0.1) is 0 Å². The predicted octanol–water partition coefficient (Wildman–Crippen LogP) is 9.35. The Kier molecular flexibility index (Phi) is 12.3. The first-order chi connectivity index (χ1) is 25.3. The van der Waals surface area contributed by atoms with Crippen LogP contribution in [0.3, 0.4) is 0 Å². The third-order valence-corrected chi connectivity index (χ3v) is 7.40. The van der Waals surface area contributed by atoms with Gasteiger partial charge < -0.3 is 23.7 Å². The average molecular weight is 721 g/mol. The Bertz CT molecular complexity index is 1980. The lowest BCUT2D eigenvalue weighted by Gasteiger charge is -2.28. The van der Waals surface area contributed by atoms with Crippen molar-refractivity contribution in [2.24, 2.45) is 0 Å². The maximum Gasteiger partial charge on any atom is 0.444 e. The fourth-order valence-electron chi connectivity index (χ4n) is 5.07. The molecule has 0 aliphatic carbocycles. The second-order valence-electron chi connectivity index (χ2n) is 14.1. The molecule has 11 heteroatoms. The summed E-state index contributed by atoms with van der Waals surface area (Å²) in [5, 5.41) is 0.805. The highest BCUT2D eigenvalue weighted by Crippen LogP contribution is 2.40. The number of benzene rings is 4. The lowest BCUT2D eigenvalue weighted by Crippen LogP contribution is -2.43. The monoisotopic (exact) mass is 720 g/mol. The lowest BCUT2D eigenvalue weighted by atomic mass is 10.0. The topological polar surface area (TPSA) is 123 Å². The number of rotatable bonds is 12. The second-order valence-corrected chi connectivity index (χ2v) is 14.1. The summed E-state index contributed by atoms with van der Waals surface area (Å²) in [6.07, 6.45) is -0.703. The highest BCUT2D eigenvalue weighted by Gasteiger charge is 2.34. The number of aromatic nitrogens is 1. The zero-order valence-corrected chi connectivity index (χ0v) is 30.8. The molecule has 0 N–H and O–H groups in total. The first-order valence-corrected chi connectivity index (χ1v) is 17.2. The number of hydroxylamine groups is 2. The second kappa shape index (κ2) is 17.1. The number of hydrogen-bond donors (Lipinski definition) is 0. The van der Waals surface area contributed by atoms with Gasteiger partial charge in [0.1, 0.15) is 37.6 Å². The molecule has 0 spiro atoms. The first kappa shape index (κ1) is 38.3. The van der Waals surface area contributed by atoms with Gasteiger partial charge in [-0.15, -0.1) is 0 Å². The molecule has 0 radical (unpaired) electrons. The van der Waals surface area contributed by atoms with Gasteiger partial charge in [-0.25, -0.2) is 14.4 Å². The predicted molar refractivity (Wildman–Crippen MR) is 198 cm³/mol. The Morgan fingerprint density at radius 2 is 1.11 bits per heavy atom. The van der Waals surface area contributed by atoms with E-state index in [2.05, 4.69) is 4.98 Å². The van der Waals surface area contributed by atoms with E-state index >= 15 is 0 Å². The maximum atomic E-state index is 13.7. The van der Waals surface area contributed by atoms with Crippen LogP contribution in [0.1, 0.15) is 74.2 Å². The molecule has 4 aromatic carbocycles. The van der Waals surface area contributed by atoms with Gasteiger partial charge in [0.2, 0.25) is 0 Å². The number of hydrogen-bond acceptors (Lipinski definition) is 10. The summed E-state index contributed by atoms with van der Waals surface area (Å²) in [5.41, 5.74) is 1.44. The minimum Gasteiger partial charge on any atom is -0.485 e. The van der Waals surface area contributed by atoms with Gasteiger partial charge in [-0.2, -0.15) is 0 Å². The summed E-state index contributed by atoms with van der Waals surface area (Å²) in [5.74, 6) is -0.0979. The third kappa shape index (κ3) is 11.0. The fraction of sp³-hybridized carbons (Fsp3) is 0.286. The molecule has 5 aromatic rings. The number of esters is 1. The van der Waals surface area contributed by atoms with Crippen molar-refractivity contribution in [2.75, 3.05) is 0 Å². The van der Waals surface area contributed by atoms with Gasteiger partial charge in [-0.1, -0.05) is 96.1 Å². The van der Waals surface area contributed by atoms with Crippen molar-refractivity contribution in [3.05, 3.63) is 137 Å². The molecule has 2 amide bonds. The third-order valence-electron chi connectivity index (χ3n) is 7.40. The number of ether oxygens (including phenoxy) is 5. The van der Waals surface area contributed by atoms with E-state index in [4.69, 9.17) is 28.5 Å². The maximum absolute atomic E-state index is 13.7. The van der Waals surface area contributed by atoms with Gasteiger partial charge in [-0.05, 0) is 70.4 Å². The summed E-state index contributed by atoms with van der Waals surface area (Å²) < 4.78 is 29.6. The van der Waals surface area contributed by atoms with Crippen molar-refractivity contribution in [1.29, 1.82) is 0 Å². The van der Waals surface area contributed by atoms with E-state index in [0.29, 0.717) is 16.0 Å². The van der Waals surface area contributed by atoms with Gasteiger partial charge in [0, 0.05) is 11.6 Å². The summed E-state index contributed by atoms with van der Waals surface area (Å²) in [6, 6.07) is 31.6. The molecule has 1 heterocycles. The van der Waals surface area contributed by atoms with Gasteiger partial charge in [-0.3, -0.25) is 9.82 Å². The van der Waals surface area contributed by atoms with Crippen LogP contribution in [0.4, 0.5) is 9.59 Å². The molecule has 0 saturated carbocycles. The van der Waals surface area contributed by atoms with Crippen LogP contribution in [-0.2, 0) is 45.5 Å². The highest BCUT2D eigenvalue weighted by atomic mass is 16.8. The SMILES string of the molecule is CC(C)(C)OC(=O)N(OCc1c(OCc2ccccc2)c(OCc2ccccc2)cc2c(C(=O)OCc3ccccc3)ccnc12)C(=O)OC(C)(C)C. The Labute approximate surface area is 309 Å². The molecule has 0 atom stereocenters. The molecule has 0 unspecified atom stereocenters. The number of pyridine rings is 1. The van der Waals surface area contributed by atoms with E-state index in [9.17, 15) is 14.4 Å². The zero-order chi connectivity index (χ0) is 38.0. The Morgan fingerprint density at radius 1 is 0.623 bits per heavy atom. The lowest BCUT2D eigenvalue weighted by molar-refractivity contribution is -0.146. The average Bonchev–Trinajstić information content (AvgIpc) is 3.12. The minimum absolute atomic E-state index is 0.0514. The molecule has 1 aromatic heterocycles. The quantitative estimate of drug-likeness (QED) is 0.0700. The molecule has 11 nitrogen and oxygen atoms in total. The molecule has 0 aliphatic heterocycles. The van der Waals surface area contributed by atoms with Gasteiger partial charge in [0.15, 0.2) is 11.5 Å². The molecule has 0 aliphatic rings. The van der Waals surface area contributed by atoms with Crippen LogP contribution in [0.25, 0.3) is 10.9 Å². The minimum atomic E-state index is -1.09. The molecule has 53 heavy (non-hydrogen) atoms.